The summed E-state index contributed by atoms with van der Waals surface area (Å²) in [6.07, 6.45) is -5.21. The average Bonchev–Trinajstić information content (AvgIpc) is 2.58. The van der Waals surface area contributed by atoms with E-state index in [9.17, 15) is 32.9 Å². The van der Waals surface area contributed by atoms with Crippen molar-refractivity contribution in [3.63, 3.8) is 0 Å². The van der Waals surface area contributed by atoms with Crippen molar-refractivity contribution >= 4 is 23.3 Å². The molecule has 1 aromatic carbocycles. The zero-order valence-corrected chi connectivity index (χ0v) is 14.8. The van der Waals surface area contributed by atoms with Gasteiger partial charge in [-0.15, -0.1) is 0 Å². The summed E-state index contributed by atoms with van der Waals surface area (Å²) < 4.78 is 42.9. The molecule has 2 N–H and O–H groups in total. The number of benzene rings is 1. The Balaban J connectivity index is 2.62. The van der Waals surface area contributed by atoms with E-state index in [1.165, 1.54) is 6.92 Å². The summed E-state index contributed by atoms with van der Waals surface area (Å²) in [4.78, 5) is 33.3. The van der Waals surface area contributed by atoms with Gasteiger partial charge in [0.05, 0.1) is 16.9 Å². The van der Waals surface area contributed by atoms with Crippen molar-refractivity contribution in [2.24, 2.45) is 0 Å². The largest absolute Gasteiger partial charge is 0.452 e. The van der Waals surface area contributed by atoms with E-state index in [0.717, 1.165) is 12.5 Å². The van der Waals surface area contributed by atoms with E-state index in [1.807, 2.05) is 6.92 Å². The van der Waals surface area contributed by atoms with Gasteiger partial charge in [0.15, 0.2) is 6.10 Å². The molecule has 1 amide bonds. The van der Waals surface area contributed by atoms with Crippen LogP contribution < -0.4 is 10.6 Å². The van der Waals surface area contributed by atoms with Gasteiger partial charge in [0.1, 0.15) is 5.69 Å². The van der Waals surface area contributed by atoms with Crippen molar-refractivity contribution in [3.05, 3.63) is 33.9 Å². The number of nitro benzene ring substituents is 1. The van der Waals surface area contributed by atoms with E-state index in [4.69, 9.17) is 4.74 Å². The van der Waals surface area contributed by atoms with Gasteiger partial charge >= 0.3 is 12.1 Å². The molecule has 0 spiro atoms. The van der Waals surface area contributed by atoms with Gasteiger partial charge in [-0.1, -0.05) is 6.92 Å². The Morgan fingerprint density at radius 1 is 1.30 bits per heavy atom. The third-order valence-corrected chi connectivity index (χ3v) is 3.39. The van der Waals surface area contributed by atoms with E-state index in [-0.39, 0.29) is 18.7 Å². The van der Waals surface area contributed by atoms with Crippen LogP contribution in [0.4, 0.5) is 24.5 Å². The van der Waals surface area contributed by atoms with Gasteiger partial charge < -0.3 is 15.4 Å². The normalized spacial score (nSPS) is 12.2. The Labute approximate surface area is 153 Å². The van der Waals surface area contributed by atoms with E-state index in [0.29, 0.717) is 18.7 Å². The number of carbonyl (C=O) groups is 2. The van der Waals surface area contributed by atoms with Gasteiger partial charge in [0, 0.05) is 19.2 Å². The summed E-state index contributed by atoms with van der Waals surface area (Å²) in [6, 6.07) is 2.04. The van der Waals surface area contributed by atoms with Crippen LogP contribution in [0.1, 0.15) is 32.3 Å². The highest BCUT2D eigenvalue weighted by atomic mass is 19.4. The SMILES string of the molecule is CCCNC(=O)[C@@H](C)OC(=O)CCNc1ccc(C(F)(F)F)cc1[N+](=O)[O-]. The molecule has 0 bridgehead atoms. The van der Waals surface area contributed by atoms with Crippen LogP contribution in [-0.4, -0.2) is 36.0 Å². The van der Waals surface area contributed by atoms with Crippen molar-refractivity contribution in [1.82, 2.24) is 5.32 Å². The van der Waals surface area contributed by atoms with E-state index in [2.05, 4.69) is 10.6 Å². The second-order valence-corrected chi connectivity index (χ2v) is 5.59. The molecule has 0 fully saturated rings. The standard InChI is InChI=1S/C16H20F3N3O5/c1-3-7-21-15(24)10(2)27-14(23)6-8-20-12-5-4-11(16(17,18)19)9-13(12)22(25)26/h4-5,9-10,20H,3,6-8H2,1-2H3,(H,21,24)/t10-/m1/s1. The number of alkyl halides is 3. The second kappa shape index (κ2) is 9.74. The maximum atomic E-state index is 12.6. The Hall–Kier alpha value is -2.85. The number of ether oxygens (including phenoxy) is 1. The third-order valence-electron chi connectivity index (χ3n) is 3.39. The molecule has 1 atom stereocenters. The summed E-state index contributed by atoms with van der Waals surface area (Å²) in [5, 5.41) is 16.1. The Morgan fingerprint density at radius 2 is 1.96 bits per heavy atom. The lowest BCUT2D eigenvalue weighted by molar-refractivity contribution is -0.384. The molecule has 0 saturated heterocycles. The molecular weight excluding hydrogens is 371 g/mol. The van der Waals surface area contributed by atoms with Crippen molar-refractivity contribution in [1.29, 1.82) is 0 Å². The smallest absolute Gasteiger partial charge is 0.416 e. The molecule has 11 heteroatoms. The second-order valence-electron chi connectivity index (χ2n) is 5.59. The number of anilines is 1. The van der Waals surface area contributed by atoms with Crippen LogP contribution in [0, 0.1) is 10.1 Å². The lowest BCUT2D eigenvalue weighted by Crippen LogP contribution is -2.36. The molecule has 0 unspecified atom stereocenters. The predicted molar refractivity (Wildman–Crippen MR) is 90.1 cm³/mol. The third kappa shape index (κ3) is 7.12. The van der Waals surface area contributed by atoms with Crippen LogP contribution in [0.15, 0.2) is 18.2 Å². The number of rotatable bonds is 9. The maximum Gasteiger partial charge on any atom is 0.416 e. The summed E-state index contributed by atoms with van der Waals surface area (Å²) in [7, 11) is 0. The van der Waals surface area contributed by atoms with Gasteiger partial charge in [-0.3, -0.25) is 19.7 Å². The number of esters is 1. The predicted octanol–water partition coefficient (Wildman–Crippen LogP) is 2.87. The van der Waals surface area contributed by atoms with E-state index in [1.54, 1.807) is 0 Å². The first-order valence-corrected chi connectivity index (χ1v) is 8.13. The Morgan fingerprint density at radius 3 is 2.52 bits per heavy atom. The van der Waals surface area contributed by atoms with Gasteiger partial charge in [-0.05, 0) is 25.5 Å². The monoisotopic (exact) mass is 391 g/mol. The van der Waals surface area contributed by atoms with Gasteiger partial charge in [-0.25, -0.2) is 0 Å². The van der Waals surface area contributed by atoms with Gasteiger partial charge in [0.2, 0.25) is 0 Å². The Kier molecular flexibility index (Phi) is 8.00. The number of nitrogens with zero attached hydrogens (tertiary/aromatic N) is 1. The van der Waals surface area contributed by atoms with Crippen molar-refractivity contribution in [3.8, 4) is 0 Å². The molecule has 0 aromatic heterocycles. The zero-order chi connectivity index (χ0) is 20.6. The molecule has 1 rings (SSSR count). The lowest BCUT2D eigenvalue weighted by Gasteiger charge is -2.14. The van der Waals surface area contributed by atoms with Gasteiger partial charge in [0.25, 0.3) is 11.6 Å². The van der Waals surface area contributed by atoms with Gasteiger partial charge in [-0.2, -0.15) is 13.2 Å². The Bertz CT molecular complexity index is 694. The minimum Gasteiger partial charge on any atom is -0.452 e. The number of carbonyl (C=O) groups excluding carboxylic acids is 2. The van der Waals surface area contributed by atoms with Crippen LogP contribution in [-0.2, 0) is 20.5 Å². The summed E-state index contributed by atoms with van der Waals surface area (Å²) in [5.41, 5.74) is -2.06. The number of nitrogens with one attached hydrogen (secondary N) is 2. The molecule has 0 aliphatic heterocycles. The number of halogens is 3. The first-order chi connectivity index (χ1) is 12.6. The lowest BCUT2D eigenvalue weighted by atomic mass is 10.1. The fraction of sp³-hybridized carbons (Fsp3) is 0.500. The minimum absolute atomic E-state index is 0.117. The van der Waals surface area contributed by atoms with Crippen molar-refractivity contribution < 1.29 is 32.4 Å². The highest BCUT2D eigenvalue weighted by Gasteiger charge is 2.33. The molecule has 1 aromatic rings. The molecule has 150 valence electrons. The molecule has 27 heavy (non-hydrogen) atoms. The first kappa shape index (κ1) is 22.2. The van der Waals surface area contributed by atoms with Crippen LogP contribution in [0.2, 0.25) is 0 Å². The highest BCUT2D eigenvalue weighted by molar-refractivity contribution is 5.83. The topological polar surface area (TPSA) is 111 Å². The van der Waals surface area contributed by atoms with Crippen LogP contribution in [0.3, 0.4) is 0 Å². The summed E-state index contributed by atoms with van der Waals surface area (Å²) >= 11 is 0. The number of hydrogen-bond donors (Lipinski definition) is 2. The maximum absolute atomic E-state index is 12.6. The van der Waals surface area contributed by atoms with Crippen molar-refractivity contribution in [2.45, 2.75) is 39.0 Å². The quantitative estimate of drug-likeness (QED) is 0.380. The fourth-order valence-corrected chi connectivity index (χ4v) is 2.01. The van der Waals surface area contributed by atoms with Crippen LogP contribution >= 0.6 is 0 Å². The number of amides is 1. The molecule has 0 saturated carbocycles. The first-order valence-electron chi connectivity index (χ1n) is 8.13. The molecule has 0 aliphatic carbocycles. The molecule has 0 aliphatic rings. The van der Waals surface area contributed by atoms with Crippen molar-refractivity contribution in [2.75, 3.05) is 18.4 Å². The average molecular weight is 391 g/mol. The molecular formula is C16H20F3N3O5. The molecule has 8 nitrogen and oxygen atoms in total. The fourth-order valence-electron chi connectivity index (χ4n) is 2.01. The summed E-state index contributed by atoms with van der Waals surface area (Å²) in [5.74, 6) is -1.17. The summed E-state index contributed by atoms with van der Waals surface area (Å²) in [6.45, 7) is 3.59. The minimum atomic E-state index is -4.71. The number of hydrogen-bond acceptors (Lipinski definition) is 6. The zero-order valence-electron chi connectivity index (χ0n) is 14.8. The molecule has 0 radical (unpaired) electrons. The van der Waals surface area contributed by atoms with E-state index < -0.39 is 40.3 Å². The number of nitro groups is 1. The van der Waals surface area contributed by atoms with E-state index >= 15 is 0 Å². The van der Waals surface area contributed by atoms with Crippen LogP contribution in [0.5, 0.6) is 0 Å². The van der Waals surface area contributed by atoms with Crippen LogP contribution in [0.25, 0.3) is 0 Å². The molecule has 0 heterocycles. The highest BCUT2D eigenvalue weighted by Crippen LogP contribution is 2.34.